The molecular formula is C61H44N2. The lowest BCUT2D eigenvalue weighted by molar-refractivity contribution is 1.23. The van der Waals surface area contributed by atoms with E-state index in [2.05, 4.69) is 224 Å². The van der Waals surface area contributed by atoms with Crippen molar-refractivity contribution in [2.24, 2.45) is 0 Å². The van der Waals surface area contributed by atoms with E-state index >= 15 is 0 Å². The molecule has 0 radical (unpaired) electrons. The summed E-state index contributed by atoms with van der Waals surface area (Å²) >= 11 is 0. The Kier molecular flexibility index (Phi) is 11.0. The first-order chi connectivity index (χ1) is 31.2. The van der Waals surface area contributed by atoms with Crippen molar-refractivity contribution >= 4 is 44.0 Å². The maximum atomic E-state index is 5.28. The fourth-order valence-corrected chi connectivity index (χ4v) is 8.55. The van der Waals surface area contributed by atoms with Crippen LogP contribution in [-0.2, 0) is 6.42 Å². The van der Waals surface area contributed by atoms with E-state index in [1.807, 2.05) is 18.2 Å². The molecule has 0 saturated heterocycles. The predicted molar refractivity (Wildman–Crippen MR) is 267 cm³/mol. The molecule has 63 heavy (non-hydrogen) atoms. The second-order valence-electron chi connectivity index (χ2n) is 15.8. The highest BCUT2D eigenvalue weighted by atomic mass is 14.9. The molecular weight excluding hydrogens is 761 g/mol. The van der Waals surface area contributed by atoms with Gasteiger partial charge in [0.2, 0.25) is 0 Å². The molecule has 10 rings (SSSR count). The number of hydrogen-bond acceptors (Lipinski definition) is 2. The first-order valence-corrected chi connectivity index (χ1v) is 21.5. The number of nitrogens with zero attached hydrogens (tertiary/aromatic N) is 2. The zero-order chi connectivity index (χ0) is 42.4. The van der Waals surface area contributed by atoms with E-state index in [0.29, 0.717) is 5.82 Å². The van der Waals surface area contributed by atoms with Gasteiger partial charge in [-0.05, 0) is 97.3 Å². The molecule has 0 amide bonds. The van der Waals surface area contributed by atoms with Crippen molar-refractivity contribution < 1.29 is 0 Å². The summed E-state index contributed by atoms with van der Waals surface area (Å²) < 4.78 is 0. The Morgan fingerprint density at radius 3 is 1.67 bits per heavy atom. The molecule has 10 aromatic rings. The van der Waals surface area contributed by atoms with Gasteiger partial charge in [-0.25, -0.2) is 9.97 Å². The minimum Gasteiger partial charge on any atom is -0.227 e. The largest absolute Gasteiger partial charge is 0.227 e. The SMILES string of the molecule is C=C(/C(=C\C(=C(/Cc1ccccc1)c1ccccc1)c1ccccc1)c1cccc(-c2cccc(-c3nc(-c4ccccc4)nc4c3ccc3ccccc34)c2)c1)c1ccccc1. The summed E-state index contributed by atoms with van der Waals surface area (Å²) in [6.45, 7) is 4.80. The van der Waals surface area contributed by atoms with E-state index < -0.39 is 0 Å². The Morgan fingerprint density at radius 1 is 0.413 bits per heavy atom. The molecule has 1 aromatic heterocycles. The molecule has 1 heterocycles. The predicted octanol–water partition coefficient (Wildman–Crippen LogP) is 15.7. The highest BCUT2D eigenvalue weighted by Gasteiger charge is 2.18. The van der Waals surface area contributed by atoms with Crippen molar-refractivity contribution in [1.29, 1.82) is 0 Å². The zero-order valence-electron chi connectivity index (χ0n) is 34.9. The van der Waals surface area contributed by atoms with Crippen LogP contribution in [0.4, 0.5) is 0 Å². The first-order valence-electron chi connectivity index (χ1n) is 21.5. The van der Waals surface area contributed by atoms with Crippen molar-refractivity contribution in [1.82, 2.24) is 9.97 Å². The molecule has 0 atom stereocenters. The maximum Gasteiger partial charge on any atom is 0.160 e. The molecule has 9 aromatic carbocycles. The number of benzene rings is 9. The Morgan fingerprint density at radius 2 is 0.952 bits per heavy atom. The summed E-state index contributed by atoms with van der Waals surface area (Å²) in [5.74, 6) is 0.709. The van der Waals surface area contributed by atoms with Gasteiger partial charge in [0, 0.05) is 21.9 Å². The number of hydrogen-bond donors (Lipinski definition) is 0. The molecule has 0 spiro atoms. The minimum absolute atomic E-state index is 0.709. The van der Waals surface area contributed by atoms with Crippen molar-refractivity contribution in [2.75, 3.05) is 0 Å². The van der Waals surface area contributed by atoms with Crippen LogP contribution in [0.2, 0.25) is 0 Å². The number of fused-ring (bicyclic) bond motifs is 3. The van der Waals surface area contributed by atoms with Gasteiger partial charge in [-0.2, -0.15) is 0 Å². The molecule has 0 saturated carbocycles. The minimum atomic E-state index is 0.709. The van der Waals surface area contributed by atoms with Crippen LogP contribution in [0.25, 0.3) is 77.7 Å². The lowest BCUT2D eigenvalue weighted by atomic mass is 9.85. The van der Waals surface area contributed by atoms with E-state index in [1.54, 1.807) is 0 Å². The van der Waals surface area contributed by atoms with Crippen molar-refractivity contribution in [2.45, 2.75) is 6.42 Å². The summed E-state index contributed by atoms with van der Waals surface area (Å²) in [6.07, 6.45) is 3.14. The van der Waals surface area contributed by atoms with Crippen molar-refractivity contribution in [3.05, 3.63) is 277 Å². The van der Waals surface area contributed by atoms with Gasteiger partial charge in [0.05, 0.1) is 11.2 Å². The van der Waals surface area contributed by atoms with Gasteiger partial charge in [-0.3, -0.25) is 0 Å². The molecule has 2 nitrogen and oxygen atoms in total. The van der Waals surface area contributed by atoms with Gasteiger partial charge in [-0.1, -0.05) is 225 Å². The van der Waals surface area contributed by atoms with E-state index in [0.717, 1.165) is 89.5 Å². The van der Waals surface area contributed by atoms with E-state index in [9.17, 15) is 0 Å². The van der Waals surface area contributed by atoms with Crippen LogP contribution >= 0.6 is 0 Å². The van der Waals surface area contributed by atoms with Crippen LogP contribution in [0, 0.1) is 0 Å². The summed E-state index contributed by atoms with van der Waals surface area (Å²) in [5, 5.41) is 3.29. The third-order valence-electron chi connectivity index (χ3n) is 11.8. The first kappa shape index (κ1) is 39.0. The molecule has 0 aliphatic carbocycles. The molecule has 0 aliphatic rings. The van der Waals surface area contributed by atoms with Crippen LogP contribution in [0.3, 0.4) is 0 Å². The van der Waals surface area contributed by atoms with Gasteiger partial charge >= 0.3 is 0 Å². The van der Waals surface area contributed by atoms with Gasteiger partial charge < -0.3 is 0 Å². The Labute approximate surface area is 369 Å². The molecule has 298 valence electrons. The third kappa shape index (κ3) is 8.31. The molecule has 0 N–H and O–H groups in total. The summed E-state index contributed by atoms with van der Waals surface area (Å²) in [4.78, 5) is 10.5. The van der Waals surface area contributed by atoms with Crippen LogP contribution < -0.4 is 0 Å². The van der Waals surface area contributed by atoms with E-state index in [4.69, 9.17) is 16.5 Å². The Balaban J connectivity index is 1.15. The van der Waals surface area contributed by atoms with Crippen molar-refractivity contribution in [3.63, 3.8) is 0 Å². The molecule has 2 heteroatoms. The van der Waals surface area contributed by atoms with Gasteiger partial charge in [-0.15, -0.1) is 0 Å². The van der Waals surface area contributed by atoms with Crippen molar-refractivity contribution in [3.8, 4) is 33.8 Å². The molecule has 0 aliphatic heterocycles. The average molecular weight is 805 g/mol. The second-order valence-corrected chi connectivity index (χ2v) is 15.8. The average Bonchev–Trinajstić information content (AvgIpc) is 3.37. The van der Waals surface area contributed by atoms with Crippen LogP contribution in [0.5, 0.6) is 0 Å². The van der Waals surface area contributed by atoms with Gasteiger partial charge in [0.15, 0.2) is 5.82 Å². The van der Waals surface area contributed by atoms with E-state index in [1.165, 1.54) is 16.7 Å². The van der Waals surface area contributed by atoms with Gasteiger partial charge in [0.25, 0.3) is 0 Å². The topological polar surface area (TPSA) is 25.8 Å². The fourth-order valence-electron chi connectivity index (χ4n) is 8.55. The Bertz CT molecular complexity index is 3280. The summed E-state index contributed by atoms with van der Waals surface area (Å²) in [6, 6.07) is 83.5. The zero-order valence-corrected chi connectivity index (χ0v) is 34.9. The van der Waals surface area contributed by atoms with Crippen LogP contribution in [-0.4, -0.2) is 9.97 Å². The van der Waals surface area contributed by atoms with Crippen LogP contribution in [0.1, 0.15) is 27.8 Å². The summed E-state index contributed by atoms with van der Waals surface area (Å²) in [7, 11) is 0. The lowest BCUT2D eigenvalue weighted by Gasteiger charge is -2.19. The third-order valence-corrected chi connectivity index (χ3v) is 11.8. The monoisotopic (exact) mass is 804 g/mol. The number of aromatic nitrogens is 2. The van der Waals surface area contributed by atoms with Crippen LogP contribution in [0.15, 0.2) is 249 Å². The van der Waals surface area contributed by atoms with E-state index in [-0.39, 0.29) is 0 Å². The summed E-state index contributed by atoms with van der Waals surface area (Å²) in [5.41, 5.74) is 16.2. The quantitative estimate of drug-likeness (QED) is 0.0739. The highest BCUT2D eigenvalue weighted by Crippen LogP contribution is 2.40. The Hall–Kier alpha value is -8.20. The molecule has 0 bridgehead atoms. The lowest BCUT2D eigenvalue weighted by Crippen LogP contribution is -1.98. The molecule has 0 fully saturated rings. The fraction of sp³-hybridized carbons (Fsp3) is 0.0164. The highest BCUT2D eigenvalue weighted by molar-refractivity contribution is 6.12. The maximum absolute atomic E-state index is 5.28. The smallest absolute Gasteiger partial charge is 0.160 e. The number of allylic oxidation sites excluding steroid dienone is 5. The second kappa shape index (κ2) is 17.8. The normalized spacial score (nSPS) is 12.0. The number of rotatable bonds is 11. The standard InChI is InChI=1S/C61H44N2/c1-43(45-23-9-3-10-24-45)56(42-58(47-27-13-5-14-28-47)57(46-25-11-4-12-26-46)39-44-21-7-2-8-22-44)52-34-19-32-50(40-52)51-33-20-35-53(41-51)59-55-38-37-48-29-17-18-36-54(48)60(55)63-61(62-59)49-30-15-6-16-31-49/h2-38,40-42H,1,39H2/b56-42+,58-57-. The molecule has 0 unspecified atom stereocenters. The van der Waals surface area contributed by atoms with Gasteiger partial charge in [0.1, 0.15) is 0 Å².